The molecule has 0 aliphatic rings. The normalized spacial score (nSPS) is 11.1. The number of hydrogen-bond donors (Lipinski definition) is 0. The number of aromatic nitrogens is 1. The van der Waals surface area contributed by atoms with Crippen molar-refractivity contribution < 1.29 is 4.39 Å². The van der Waals surface area contributed by atoms with Gasteiger partial charge >= 0.3 is 0 Å². The average Bonchev–Trinajstić information content (AvgIpc) is 3.18. The number of aryl methyl sites for hydroxylation is 1. The van der Waals surface area contributed by atoms with Crippen molar-refractivity contribution in [2.45, 2.75) is 6.92 Å². The summed E-state index contributed by atoms with van der Waals surface area (Å²) in [6, 6.07) is 29.6. The minimum Gasteiger partial charge on any atom is -0.235 e. The molecule has 1 aromatic heterocycles. The quantitative estimate of drug-likeness (QED) is 0.304. The van der Waals surface area contributed by atoms with Crippen molar-refractivity contribution in [3.63, 3.8) is 0 Å². The molecule has 0 N–H and O–H groups in total. The van der Waals surface area contributed by atoms with Crippen molar-refractivity contribution in [1.82, 2.24) is 4.98 Å². The number of hydrogen-bond acceptors (Lipinski definition) is 2. The van der Waals surface area contributed by atoms with Crippen LogP contribution in [0.1, 0.15) is 5.56 Å². The molecule has 0 bridgehead atoms. The minimum atomic E-state index is -0.224. The second kappa shape index (κ2) is 7.26. The lowest BCUT2D eigenvalue weighted by Gasteiger charge is -2.08. The number of nitrogens with zero attached hydrogens (tertiary/aromatic N) is 1. The van der Waals surface area contributed by atoms with Gasteiger partial charge in [-0.2, -0.15) is 0 Å². The Balaban J connectivity index is 1.77. The van der Waals surface area contributed by atoms with Gasteiger partial charge in [0.25, 0.3) is 0 Å². The van der Waals surface area contributed by atoms with E-state index in [0.717, 1.165) is 43.0 Å². The number of thiazole rings is 1. The summed E-state index contributed by atoms with van der Waals surface area (Å²) in [4.78, 5) is 5.03. The Morgan fingerprint density at radius 3 is 2.17 bits per heavy atom. The second-order valence-electron chi connectivity index (χ2n) is 7.08. The van der Waals surface area contributed by atoms with E-state index < -0.39 is 0 Å². The van der Waals surface area contributed by atoms with Crippen LogP contribution in [0.15, 0.2) is 91.0 Å². The standard InChI is InChI=1S/C26H18FNS/c1-17-7-5-6-10-22(17)26-28-25-23(19-8-3-2-4-9-19)15-20(16-24(25)29-26)18-11-13-21(27)14-12-18/h2-16H,1H3. The Hall–Kier alpha value is -3.30. The van der Waals surface area contributed by atoms with E-state index in [4.69, 9.17) is 4.98 Å². The summed E-state index contributed by atoms with van der Waals surface area (Å²) < 4.78 is 14.5. The fourth-order valence-corrected chi connectivity index (χ4v) is 4.73. The highest BCUT2D eigenvalue weighted by Gasteiger charge is 2.15. The highest BCUT2D eigenvalue weighted by Crippen LogP contribution is 2.39. The van der Waals surface area contributed by atoms with Gasteiger partial charge in [0.15, 0.2) is 0 Å². The molecule has 0 aliphatic heterocycles. The lowest BCUT2D eigenvalue weighted by atomic mass is 9.98. The number of rotatable bonds is 3. The van der Waals surface area contributed by atoms with Crippen LogP contribution in [-0.2, 0) is 0 Å². The van der Waals surface area contributed by atoms with Crippen LogP contribution in [-0.4, -0.2) is 4.98 Å². The molecule has 3 heteroatoms. The van der Waals surface area contributed by atoms with Crippen molar-refractivity contribution in [2.75, 3.05) is 0 Å². The molecule has 1 heterocycles. The first kappa shape index (κ1) is 17.8. The van der Waals surface area contributed by atoms with Crippen LogP contribution >= 0.6 is 11.3 Å². The molecule has 0 unspecified atom stereocenters. The van der Waals surface area contributed by atoms with Gasteiger partial charge in [0, 0.05) is 11.1 Å². The Morgan fingerprint density at radius 1 is 0.690 bits per heavy atom. The van der Waals surface area contributed by atoms with Gasteiger partial charge in [-0.15, -0.1) is 11.3 Å². The molecule has 29 heavy (non-hydrogen) atoms. The molecule has 5 rings (SSSR count). The minimum absolute atomic E-state index is 0.224. The maximum Gasteiger partial charge on any atom is 0.124 e. The summed E-state index contributed by atoms with van der Waals surface area (Å²) in [5.74, 6) is -0.224. The largest absolute Gasteiger partial charge is 0.235 e. The second-order valence-corrected chi connectivity index (χ2v) is 8.11. The number of benzene rings is 4. The molecule has 4 aromatic carbocycles. The molecular weight excluding hydrogens is 377 g/mol. The summed E-state index contributed by atoms with van der Waals surface area (Å²) in [5, 5.41) is 1.02. The van der Waals surface area contributed by atoms with E-state index in [1.807, 2.05) is 36.4 Å². The van der Waals surface area contributed by atoms with E-state index in [-0.39, 0.29) is 5.82 Å². The van der Waals surface area contributed by atoms with Crippen molar-refractivity contribution in [3.8, 4) is 32.8 Å². The van der Waals surface area contributed by atoms with Gasteiger partial charge in [-0.3, -0.25) is 0 Å². The summed E-state index contributed by atoms with van der Waals surface area (Å²) in [5.41, 5.74) is 7.67. The maximum absolute atomic E-state index is 13.4. The topological polar surface area (TPSA) is 12.9 Å². The van der Waals surface area contributed by atoms with Crippen LogP contribution in [0.25, 0.3) is 43.0 Å². The fraction of sp³-hybridized carbons (Fsp3) is 0.0385. The van der Waals surface area contributed by atoms with Crippen molar-refractivity contribution in [3.05, 3.63) is 102 Å². The van der Waals surface area contributed by atoms with Crippen LogP contribution in [0.4, 0.5) is 4.39 Å². The molecule has 0 fully saturated rings. The Kier molecular flexibility index (Phi) is 4.45. The predicted octanol–water partition coefficient (Wildman–Crippen LogP) is 7.74. The lowest BCUT2D eigenvalue weighted by Crippen LogP contribution is -1.85. The van der Waals surface area contributed by atoms with Crippen LogP contribution in [0.2, 0.25) is 0 Å². The lowest BCUT2D eigenvalue weighted by molar-refractivity contribution is 0.628. The molecule has 0 atom stereocenters. The van der Waals surface area contributed by atoms with Gasteiger partial charge in [-0.05, 0) is 53.4 Å². The fourth-order valence-electron chi connectivity index (χ4n) is 3.60. The molecule has 0 saturated heterocycles. The average molecular weight is 396 g/mol. The zero-order valence-corrected chi connectivity index (χ0v) is 16.7. The highest BCUT2D eigenvalue weighted by atomic mass is 32.1. The molecular formula is C26H18FNS. The SMILES string of the molecule is Cc1ccccc1-c1nc2c(-c3ccccc3)cc(-c3ccc(F)cc3)cc2s1. The summed E-state index contributed by atoms with van der Waals surface area (Å²) in [6.45, 7) is 2.11. The number of fused-ring (bicyclic) bond motifs is 1. The summed E-state index contributed by atoms with van der Waals surface area (Å²) >= 11 is 1.70. The Labute approximate surface area is 173 Å². The third kappa shape index (κ3) is 3.34. The smallest absolute Gasteiger partial charge is 0.124 e. The predicted molar refractivity (Wildman–Crippen MR) is 121 cm³/mol. The van der Waals surface area contributed by atoms with E-state index in [1.54, 1.807) is 11.3 Å². The maximum atomic E-state index is 13.4. The molecule has 140 valence electrons. The van der Waals surface area contributed by atoms with Crippen molar-refractivity contribution in [1.29, 1.82) is 0 Å². The van der Waals surface area contributed by atoms with Gasteiger partial charge in [0.2, 0.25) is 0 Å². The van der Waals surface area contributed by atoms with Gasteiger partial charge in [-0.25, -0.2) is 9.37 Å². The van der Waals surface area contributed by atoms with Gasteiger partial charge in [-0.1, -0.05) is 66.7 Å². The first-order valence-corrected chi connectivity index (χ1v) is 10.3. The summed E-state index contributed by atoms with van der Waals surface area (Å²) in [7, 11) is 0. The van der Waals surface area contributed by atoms with E-state index in [1.165, 1.54) is 17.7 Å². The Bertz CT molecular complexity index is 1300. The van der Waals surface area contributed by atoms with Gasteiger partial charge in [0.1, 0.15) is 10.8 Å². The molecule has 0 spiro atoms. The zero-order valence-electron chi connectivity index (χ0n) is 15.9. The molecule has 0 radical (unpaired) electrons. The highest BCUT2D eigenvalue weighted by molar-refractivity contribution is 7.21. The molecule has 1 nitrogen and oxygen atoms in total. The van der Waals surface area contributed by atoms with E-state index in [9.17, 15) is 4.39 Å². The van der Waals surface area contributed by atoms with Gasteiger partial charge in [0.05, 0.1) is 10.2 Å². The first-order chi connectivity index (χ1) is 14.2. The Morgan fingerprint density at radius 2 is 1.41 bits per heavy atom. The number of halogens is 1. The first-order valence-electron chi connectivity index (χ1n) is 9.51. The van der Waals surface area contributed by atoms with Crippen LogP contribution in [0.5, 0.6) is 0 Å². The zero-order chi connectivity index (χ0) is 19.8. The molecule has 5 aromatic rings. The van der Waals surface area contributed by atoms with Crippen LogP contribution in [0, 0.1) is 12.7 Å². The van der Waals surface area contributed by atoms with Crippen LogP contribution in [0.3, 0.4) is 0 Å². The van der Waals surface area contributed by atoms with E-state index in [0.29, 0.717) is 0 Å². The summed E-state index contributed by atoms with van der Waals surface area (Å²) in [6.07, 6.45) is 0. The third-order valence-corrected chi connectivity index (χ3v) is 6.17. The van der Waals surface area contributed by atoms with Crippen molar-refractivity contribution in [2.24, 2.45) is 0 Å². The molecule has 0 saturated carbocycles. The van der Waals surface area contributed by atoms with Gasteiger partial charge < -0.3 is 0 Å². The van der Waals surface area contributed by atoms with Crippen LogP contribution < -0.4 is 0 Å². The van der Waals surface area contributed by atoms with E-state index >= 15 is 0 Å². The molecule has 0 aliphatic carbocycles. The third-order valence-electron chi connectivity index (χ3n) is 5.13. The van der Waals surface area contributed by atoms with E-state index in [2.05, 4.69) is 49.4 Å². The molecule has 0 amide bonds. The van der Waals surface area contributed by atoms with Crippen molar-refractivity contribution >= 4 is 21.6 Å². The monoisotopic (exact) mass is 395 g/mol.